The number of hydrogen-bond donors (Lipinski definition) is 3. The molecule has 1 atom stereocenters. The lowest BCUT2D eigenvalue weighted by Crippen LogP contribution is -2.30. The molecule has 0 saturated heterocycles. The molecule has 8 nitrogen and oxygen atoms in total. The van der Waals surface area contributed by atoms with Crippen molar-refractivity contribution >= 4 is 74.4 Å². The summed E-state index contributed by atoms with van der Waals surface area (Å²) in [5, 5.41) is 10.8. The van der Waals surface area contributed by atoms with Crippen LogP contribution in [0.5, 0.6) is 0 Å². The molecule has 1 heterocycles. The Kier molecular flexibility index (Phi) is 10.9. The van der Waals surface area contributed by atoms with Gasteiger partial charge in [-0.25, -0.2) is 0 Å². The highest BCUT2D eigenvalue weighted by atomic mass is 32.2. The summed E-state index contributed by atoms with van der Waals surface area (Å²) in [5.41, 5.74) is 5.92. The molecular formula is C42H41N5O3S. The van der Waals surface area contributed by atoms with Crippen LogP contribution in [-0.2, 0) is 16.1 Å². The van der Waals surface area contributed by atoms with E-state index in [1.54, 1.807) is 36.4 Å². The van der Waals surface area contributed by atoms with E-state index >= 15 is 0 Å². The number of thioether (sulfide) groups is 1. The van der Waals surface area contributed by atoms with Crippen molar-refractivity contribution in [1.29, 1.82) is 0 Å². The Hall–Kier alpha value is -5.80. The first-order valence-electron chi connectivity index (χ1n) is 17.0. The maximum absolute atomic E-state index is 13.7. The largest absolute Gasteiger partial charge is 0.378 e. The molecule has 6 aromatic rings. The van der Waals surface area contributed by atoms with Gasteiger partial charge in [-0.1, -0.05) is 61.5 Å². The molecule has 0 radical (unpaired) electrons. The minimum Gasteiger partial charge on any atom is -0.378 e. The van der Waals surface area contributed by atoms with Gasteiger partial charge in [-0.2, -0.15) is 0 Å². The number of rotatable bonds is 12. The summed E-state index contributed by atoms with van der Waals surface area (Å²) in [4.78, 5) is 43.2. The maximum atomic E-state index is 13.7. The van der Waals surface area contributed by atoms with Crippen molar-refractivity contribution in [2.24, 2.45) is 0 Å². The SMILES string of the molecule is CCC(Sc1cccc(NC(=O)/C(=C\c2ccc(N(C)C)cc2)NC(=O)c2ccccc2)c1)C(=O)Nc1ccc2c(c1)c1ccccc1n2CC. The number of para-hydroxylation sites is 1. The van der Waals surface area contributed by atoms with Crippen molar-refractivity contribution in [3.05, 3.63) is 138 Å². The van der Waals surface area contributed by atoms with Gasteiger partial charge in [0.2, 0.25) is 5.91 Å². The first kappa shape index (κ1) is 35.0. The lowest BCUT2D eigenvalue weighted by molar-refractivity contribution is -0.116. The molecule has 51 heavy (non-hydrogen) atoms. The lowest BCUT2D eigenvalue weighted by atomic mass is 10.1. The van der Waals surface area contributed by atoms with E-state index in [4.69, 9.17) is 0 Å². The second-order valence-corrected chi connectivity index (χ2v) is 13.6. The van der Waals surface area contributed by atoms with Crippen molar-refractivity contribution in [2.75, 3.05) is 29.6 Å². The summed E-state index contributed by atoms with van der Waals surface area (Å²) in [6.07, 6.45) is 2.26. The molecule has 0 aliphatic heterocycles. The fourth-order valence-electron chi connectivity index (χ4n) is 6.00. The molecule has 0 aliphatic rings. The molecule has 9 heteroatoms. The topological polar surface area (TPSA) is 95.5 Å². The average Bonchev–Trinajstić information content (AvgIpc) is 3.47. The molecule has 258 valence electrons. The van der Waals surface area contributed by atoms with Gasteiger partial charge in [0.15, 0.2) is 0 Å². The summed E-state index contributed by atoms with van der Waals surface area (Å²) >= 11 is 1.44. The van der Waals surface area contributed by atoms with Crippen molar-refractivity contribution in [3.63, 3.8) is 0 Å². The van der Waals surface area contributed by atoms with E-state index in [0.717, 1.165) is 44.7 Å². The van der Waals surface area contributed by atoms with Crippen LogP contribution in [0, 0.1) is 0 Å². The van der Waals surface area contributed by atoms with Gasteiger partial charge in [0.05, 0.1) is 5.25 Å². The van der Waals surface area contributed by atoms with Gasteiger partial charge in [0, 0.05) is 70.0 Å². The lowest BCUT2D eigenvalue weighted by Gasteiger charge is -2.16. The van der Waals surface area contributed by atoms with Gasteiger partial charge < -0.3 is 25.4 Å². The van der Waals surface area contributed by atoms with Crippen LogP contribution in [0.2, 0.25) is 0 Å². The maximum Gasteiger partial charge on any atom is 0.272 e. The molecule has 0 bridgehead atoms. The van der Waals surface area contributed by atoms with Crippen LogP contribution in [0.3, 0.4) is 0 Å². The molecule has 0 fully saturated rings. The molecule has 1 aromatic heterocycles. The summed E-state index contributed by atoms with van der Waals surface area (Å²) in [5.74, 6) is -0.953. The van der Waals surface area contributed by atoms with Gasteiger partial charge in [0.25, 0.3) is 11.8 Å². The van der Waals surface area contributed by atoms with Crippen molar-refractivity contribution in [1.82, 2.24) is 9.88 Å². The molecule has 3 N–H and O–H groups in total. The van der Waals surface area contributed by atoms with Crippen molar-refractivity contribution in [3.8, 4) is 0 Å². The quantitative estimate of drug-likeness (QED) is 0.0879. The number of aryl methyl sites for hydroxylation is 1. The Balaban J connectivity index is 1.17. The second kappa shape index (κ2) is 15.8. The number of carbonyl (C=O) groups is 3. The highest BCUT2D eigenvalue weighted by molar-refractivity contribution is 8.00. The minimum atomic E-state index is -0.470. The Morgan fingerprint density at radius 1 is 0.745 bits per heavy atom. The van der Waals surface area contributed by atoms with Crippen molar-refractivity contribution < 1.29 is 14.4 Å². The van der Waals surface area contributed by atoms with Crippen LogP contribution in [0.25, 0.3) is 27.9 Å². The van der Waals surface area contributed by atoms with E-state index in [9.17, 15) is 14.4 Å². The van der Waals surface area contributed by atoms with E-state index in [-0.39, 0.29) is 16.9 Å². The number of fused-ring (bicyclic) bond motifs is 3. The standard InChI is InChI=1S/C42H41N5O3S/c1-5-39(42(50)44-31-21-24-38-35(27-31)34-17-10-11-18-37(34)47(38)6-2)51-33-16-12-15-30(26-33)43-41(49)36(45-40(48)29-13-8-7-9-14-29)25-28-19-22-32(23-20-28)46(3)4/h7-27,39H,5-6H2,1-4H3,(H,43,49)(H,44,50)(H,45,48)/b36-25+. The zero-order valence-corrected chi connectivity index (χ0v) is 30.0. The second-order valence-electron chi connectivity index (χ2n) is 12.3. The van der Waals surface area contributed by atoms with Crippen LogP contribution in [0.4, 0.5) is 17.1 Å². The fourth-order valence-corrected chi connectivity index (χ4v) is 7.02. The molecule has 6 rings (SSSR count). The molecule has 1 unspecified atom stereocenters. The number of aromatic nitrogens is 1. The third kappa shape index (κ3) is 8.16. The Morgan fingerprint density at radius 3 is 2.18 bits per heavy atom. The van der Waals surface area contributed by atoms with Gasteiger partial charge in [0.1, 0.15) is 5.70 Å². The summed E-state index contributed by atoms with van der Waals surface area (Å²) in [6, 6.07) is 38.2. The minimum absolute atomic E-state index is 0.0929. The Labute approximate surface area is 302 Å². The number of benzene rings is 5. The molecule has 0 spiro atoms. The van der Waals surface area contributed by atoms with Crippen LogP contribution < -0.4 is 20.9 Å². The predicted molar refractivity (Wildman–Crippen MR) is 211 cm³/mol. The summed E-state index contributed by atoms with van der Waals surface area (Å²) in [7, 11) is 3.91. The third-order valence-electron chi connectivity index (χ3n) is 8.64. The molecule has 5 aromatic carbocycles. The molecular weight excluding hydrogens is 655 g/mol. The van der Waals surface area contributed by atoms with Crippen LogP contribution in [0.15, 0.2) is 132 Å². The third-order valence-corrected chi connectivity index (χ3v) is 10.00. The van der Waals surface area contributed by atoms with Gasteiger partial charge in [-0.15, -0.1) is 11.8 Å². The zero-order chi connectivity index (χ0) is 35.9. The van der Waals surface area contributed by atoms with E-state index in [1.165, 1.54) is 17.3 Å². The highest BCUT2D eigenvalue weighted by Gasteiger charge is 2.20. The highest BCUT2D eigenvalue weighted by Crippen LogP contribution is 2.32. The number of anilines is 3. The van der Waals surface area contributed by atoms with E-state index in [0.29, 0.717) is 17.7 Å². The van der Waals surface area contributed by atoms with Gasteiger partial charge in [-0.3, -0.25) is 14.4 Å². The van der Waals surface area contributed by atoms with Gasteiger partial charge >= 0.3 is 0 Å². The fraction of sp³-hybridized carbons (Fsp3) is 0.167. The molecule has 0 aliphatic carbocycles. The predicted octanol–water partition coefficient (Wildman–Crippen LogP) is 8.80. The van der Waals surface area contributed by atoms with Gasteiger partial charge in [-0.05, 0) is 91.7 Å². The van der Waals surface area contributed by atoms with Crippen LogP contribution >= 0.6 is 11.8 Å². The molecule has 3 amide bonds. The number of carbonyl (C=O) groups excluding carboxylic acids is 3. The van der Waals surface area contributed by atoms with Crippen LogP contribution in [-0.4, -0.2) is 41.6 Å². The van der Waals surface area contributed by atoms with E-state index < -0.39 is 11.8 Å². The average molecular weight is 696 g/mol. The normalized spacial score (nSPS) is 12.0. The van der Waals surface area contributed by atoms with E-state index in [2.05, 4.69) is 45.6 Å². The smallest absolute Gasteiger partial charge is 0.272 e. The summed E-state index contributed by atoms with van der Waals surface area (Å²) < 4.78 is 2.28. The summed E-state index contributed by atoms with van der Waals surface area (Å²) in [6.45, 7) is 4.98. The monoisotopic (exact) mass is 695 g/mol. The first-order chi connectivity index (χ1) is 24.7. The Morgan fingerprint density at radius 2 is 1.45 bits per heavy atom. The van der Waals surface area contributed by atoms with Crippen LogP contribution in [0.1, 0.15) is 36.2 Å². The number of hydrogen-bond acceptors (Lipinski definition) is 5. The number of amides is 3. The Bertz CT molecular complexity index is 2230. The number of nitrogens with zero attached hydrogens (tertiary/aromatic N) is 2. The zero-order valence-electron chi connectivity index (χ0n) is 29.1. The van der Waals surface area contributed by atoms with E-state index in [1.807, 2.05) is 98.7 Å². The van der Waals surface area contributed by atoms with Crippen molar-refractivity contribution in [2.45, 2.75) is 37.0 Å². The molecule has 0 saturated carbocycles. The first-order valence-corrected chi connectivity index (χ1v) is 17.9. The number of nitrogens with one attached hydrogen (secondary N) is 3.